The van der Waals surface area contributed by atoms with E-state index in [4.69, 9.17) is 19.9 Å². The zero-order valence-electron chi connectivity index (χ0n) is 20.2. The molecule has 0 spiro atoms. The number of hydrogen-bond donors (Lipinski definition) is 3. The van der Waals surface area contributed by atoms with Gasteiger partial charge in [-0.1, -0.05) is 12.6 Å². The van der Waals surface area contributed by atoms with Crippen LogP contribution in [0.15, 0.2) is 30.5 Å². The third-order valence-electron chi connectivity index (χ3n) is 5.49. The second-order valence-electron chi connectivity index (χ2n) is 9.94. The van der Waals surface area contributed by atoms with Gasteiger partial charge in [-0.2, -0.15) is 0 Å². The highest BCUT2D eigenvalue weighted by molar-refractivity contribution is 5.97. The van der Waals surface area contributed by atoms with Crippen LogP contribution in [-0.4, -0.2) is 41.2 Å². The number of hydrogen-bond acceptors (Lipinski definition) is 6. The van der Waals surface area contributed by atoms with Gasteiger partial charge in [0.15, 0.2) is 6.29 Å². The molecule has 32 heavy (non-hydrogen) atoms. The van der Waals surface area contributed by atoms with Gasteiger partial charge in [0.25, 0.3) is 5.91 Å². The van der Waals surface area contributed by atoms with Crippen molar-refractivity contribution in [3.63, 3.8) is 0 Å². The number of rotatable bonds is 11. The van der Waals surface area contributed by atoms with Gasteiger partial charge in [0.05, 0.1) is 23.9 Å². The van der Waals surface area contributed by atoms with E-state index in [1.165, 1.54) is 0 Å². The van der Waals surface area contributed by atoms with Crippen LogP contribution >= 0.6 is 0 Å². The largest absolute Gasteiger partial charge is 0.464 e. The summed E-state index contributed by atoms with van der Waals surface area (Å²) in [4.78, 5) is 13.2. The lowest BCUT2D eigenvalue weighted by Crippen LogP contribution is -2.45. The quantitative estimate of drug-likeness (QED) is 0.472. The molecule has 1 aliphatic rings. The minimum Gasteiger partial charge on any atom is -0.464 e. The highest BCUT2D eigenvalue weighted by Crippen LogP contribution is 2.27. The van der Waals surface area contributed by atoms with Crippen LogP contribution in [0.2, 0.25) is 0 Å². The summed E-state index contributed by atoms with van der Waals surface area (Å²) >= 11 is 0. The number of aliphatic hydroxyl groups is 1. The van der Waals surface area contributed by atoms with Gasteiger partial charge in [0, 0.05) is 30.7 Å². The van der Waals surface area contributed by atoms with Crippen LogP contribution in [-0.2, 0) is 16.1 Å². The average Bonchev–Trinajstić information content (AvgIpc) is 2.66. The molecule has 7 nitrogen and oxygen atoms in total. The number of ether oxygens (including phenoxy) is 3. The Morgan fingerprint density at radius 1 is 1.31 bits per heavy atom. The summed E-state index contributed by atoms with van der Waals surface area (Å²) in [7, 11) is 0. The SMILES string of the molecule is C=C(N)CC(C)(C)OCCC(C)(C)NC(=O)c1cc(CO)ccc1OC1CCCC(C)O1. The number of carbonyl (C=O) groups excluding carboxylic acids is 1. The summed E-state index contributed by atoms with van der Waals surface area (Å²) < 4.78 is 17.9. The van der Waals surface area contributed by atoms with Crippen molar-refractivity contribution in [1.82, 2.24) is 5.32 Å². The predicted octanol–water partition coefficient (Wildman–Crippen LogP) is 4.03. The van der Waals surface area contributed by atoms with Crippen molar-refractivity contribution < 1.29 is 24.1 Å². The normalized spacial score (nSPS) is 19.4. The molecule has 0 aliphatic carbocycles. The number of benzene rings is 1. The maximum absolute atomic E-state index is 13.2. The molecule has 180 valence electrons. The molecule has 2 unspecified atom stereocenters. The van der Waals surface area contributed by atoms with Gasteiger partial charge in [-0.25, -0.2) is 0 Å². The van der Waals surface area contributed by atoms with E-state index in [0.29, 0.717) is 42.0 Å². The third-order valence-corrected chi connectivity index (χ3v) is 5.49. The van der Waals surface area contributed by atoms with Gasteiger partial charge in [-0.15, -0.1) is 0 Å². The van der Waals surface area contributed by atoms with Gasteiger partial charge < -0.3 is 30.4 Å². The summed E-state index contributed by atoms with van der Waals surface area (Å²) in [6, 6.07) is 5.14. The lowest BCUT2D eigenvalue weighted by molar-refractivity contribution is -0.141. The van der Waals surface area contributed by atoms with E-state index in [1.54, 1.807) is 18.2 Å². The summed E-state index contributed by atoms with van der Waals surface area (Å²) in [6.07, 6.45) is 3.72. The molecule has 0 bridgehead atoms. The molecular weight excluding hydrogens is 408 g/mol. The van der Waals surface area contributed by atoms with Gasteiger partial charge >= 0.3 is 0 Å². The van der Waals surface area contributed by atoms with Crippen molar-refractivity contribution in [3.05, 3.63) is 41.6 Å². The van der Waals surface area contributed by atoms with Crippen LogP contribution in [0.3, 0.4) is 0 Å². The average molecular weight is 449 g/mol. The summed E-state index contributed by atoms with van der Waals surface area (Å²) in [6.45, 7) is 13.9. The zero-order valence-corrected chi connectivity index (χ0v) is 20.2. The molecule has 0 aromatic heterocycles. The first-order valence-electron chi connectivity index (χ1n) is 11.4. The van der Waals surface area contributed by atoms with Gasteiger partial charge in [-0.3, -0.25) is 4.79 Å². The van der Waals surface area contributed by atoms with Crippen LogP contribution in [0.25, 0.3) is 0 Å². The number of nitrogens with one attached hydrogen (secondary N) is 1. The molecule has 0 saturated carbocycles. The fourth-order valence-electron chi connectivity index (χ4n) is 3.77. The Morgan fingerprint density at radius 2 is 2.03 bits per heavy atom. The Hall–Kier alpha value is -2.09. The van der Waals surface area contributed by atoms with E-state index in [1.807, 2.05) is 34.6 Å². The summed E-state index contributed by atoms with van der Waals surface area (Å²) in [5.41, 5.74) is 6.38. The predicted molar refractivity (Wildman–Crippen MR) is 125 cm³/mol. The van der Waals surface area contributed by atoms with Crippen LogP contribution < -0.4 is 15.8 Å². The van der Waals surface area contributed by atoms with Crippen molar-refractivity contribution in [2.24, 2.45) is 5.73 Å². The van der Waals surface area contributed by atoms with Crippen LogP contribution in [0.1, 0.15) is 82.6 Å². The summed E-state index contributed by atoms with van der Waals surface area (Å²) in [5, 5.41) is 12.6. The van der Waals surface area contributed by atoms with Crippen LogP contribution in [0, 0.1) is 0 Å². The first kappa shape index (κ1) is 26.2. The van der Waals surface area contributed by atoms with Gasteiger partial charge in [0.2, 0.25) is 0 Å². The molecule has 1 fully saturated rings. The molecule has 1 aromatic rings. The van der Waals surface area contributed by atoms with Gasteiger partial charge in [0.1, 0.15) is 5.75 Å². The van der Waals surface area contributed by atoms with Crippen molar-refractivity contribution in [1.29, 1.82) is 0 Å². The molecule has 1 heterocycles. The smallest absolute Gasteiger partial charge is 0.255 e. The van der Waals surface area contributed by atoms with Crippen molar-refractivity contribution >= 4 is 5.91 Å². The highest BCUT2D eigenvalue weighted by Gasteiger charge is 2.27. The van der Waals surface area contributed by atoms with E-state index >= 15 is 0 Å². The molecule has 2 atom stereocenters. The highest BCUT2D eigenvalue weighted by atomic mass is 16.7. The summed E-state index contributed by atoms with van der Waals surface area (Å²) in [5.74, 6) is 0.187. The van der Waals surface area contributed by atoms with Crippen LogP contribution in [0.4, 0.5) is 0 Å². The second kappa shape index (κ2) is 11.2. The molecule has 1 aromatic carbocycles. The van der Waals surface area contributed by atoms with E-state index in [9.17, 15) is 9.90 Å². The number of aliphatic hydroxyl groups excluding tert-OH is 1. The lowest BCUT2D eigenvalue weighted by atomic mass is 9.99. The Balaban J connectivity index is 2.05. The Bertz CT molecular complexity index is 791. The lowest BCUT2D eigenvalue weighted by Gasteiger charge is -2.31. The zero-order chi connectivity index (χ0) is 23.9. The van der Waals surface area contributed by atoms with E-state index in [0.717, 1.165) is 19.3 Å². The topological polar surface area (TPSA) is 103 Å². The molecular formula is C25H40N2O5. The minimum absolute atomic E-state index is 0.127. The number of nitrogens with two attached hydrogens (primary N) is 1. The number of carbonyl (C=O) groups is 1. The maximum Gasteiger partial charge on any atom is 0.255 e. The van der Waals surface area contributed by atoms with Gasteiger partial charge in [-0.05, 0) is 71.6 Å². The van der Waals surface area contributed by atoms with E-state index < -0.39 is 11.1 Å². The molecule has 4 N–H and O–H groups in total. The van der Waals surface area contributed by atoms with Crippen molar-refractivity contribution in [2.45, 2.75) is 96.9 Å². The fraction of sp³-hybridized carbons (Fsp3) is 0.640. The van der Waals surface area contributed by atoms with Crippen LogP contribution in [0.5, 0.6) is 5.75 Å². The molecule has 1 amide bonds. The van der Waals surface area contributed by atoms with Crippen molar-refractivity contribution in [3.8, 4) is 5.75 Å². The molecule has 7 heteroatoms. The Morgan fingerprint density at radius 3 is 2.66 bits per heavy atom. The van der Waals surface area contributed by atoms with E-state index in [2.05, 4.69) is 11.9 Å². The maximum atomic E-state index is 13.2. The fourth-order valence-corrected chi connectivity index (χ4v) is 3.77. The molecule has 1 aliphatic heterocycles. The van der Waals surface area contributed by atoms with Crippen molar-refractivity contribution in [2.75, 3.05) is 6.61 Å². The molecule has 1 saturated heterocycles. The Kier molecular flexibility index (Phi) is 9.13. The van der Waals surface area contributed by atoms with E-state index in [-0.39, 0.29) is 24.9 Å². The first-order valence-corrected chi connectivity index (χ1v) is 11.4. The molecule has 2 rings (SSSR count). The first-order chi connectivity index (χ1) is 14.9. The minimum atomic E-state index is -0.519. The monoisotopic (exact) mass is 448 g/mol. The number of amides is 1. The Labute approximate surface area is 192 Å². The second-order valence-corrected chi connectivity index (χ2v) is 9.94. The third kappa shape index (κ3) is 8.45. The molecule has 0 radical (unpaired) electrons. The standard InChI is InChI=1S/C25H40N2O5/c1-17(26)15-25(5,6)30-13-12-24(3,4)27-23(29)20-14-19(16-28)10-11-21(20)32-22-9-7-8-18(2)31-22/h10-11,14,18,22,28H,1,7-9,12-13,15-16,26H2,2-6H3,(H,27,29).